The predicted octanol–water partition coefficient (Wildman–Crippen LogP) is 1.42. The molecule has 0 radical (unpaired) electrons. The molecular formula is C10H10N2O2. The summed E-state index contributed by atoms with van der Waals surface area (Å²) in [5.74, 6) is 0.848. The van der Waals surface area contributed by atoms with Gasteiger partial charge in [-0.15, -0.1) is 0 Å². The highest BCUT2D eigenvalue weighted by atomic mass is 16.3. The van der Waals surface area contributed by atoms with Crippen molar-refractivity contribution >= 4 is 6.29 Å². The number of nitrogens with zero attached hydrogens (tertiary/aromatic N) is 2. The molecule has 0 saturated carbocycles. The fraction of sp³-hybridized carbons (Fsp3) is 0.200. The summed E-state index contributed by atoms with van der Waals surface area (Å²) in [6.07, 6.45) is 3.03. The minimum Gasteiger partial charge on any atom is -0.469 e. The summed E-state index contributed by atoms with van der Waals surface area (Å²) in [6.45, 7) is 0. The second kappa shape index (κ2) is 3.49. The average molecular weight is 190 g/mol. The van der Waals surface area contributed by atoms with Crippen molar-refractivity contribution in [2.24, 2.45) is 7.05 Å². The van der Waals surface area contributed by atoms with E-state index in [0.29, 0.717) is 12.1 Å². The number of furan rings is 1. The van der Waals surface area contributed by atoms with Crippen molar-refractivity contribution in [1.82, 2.24) is 9.78 Å². The van der Waals surface area contributed by atoms with Crippen molar-refractivity contribution < 1.29 is 9.21 Å². The van der Waals surface area contributed by atoms with Crippen molar-refractivity contribution in [3.63, 3.8) is 0 Å². The maximum atomic E-state index is 10.6. The van der Waals surface area contributed by atoms with Crippen LogP contribution in [-0.2, 0) is 13.5 Å². The normalized spacial score (nSPS) is 10.4. The lowest BCUT2D eigenvalue weighted by Crippen LogP contribution is -1.96. The van der Waals surface area contributed by atoms with E-state index in [1.54, 1.807) is 24.1 Å². The van der Waals surface area contributed by atoms with Crippen molar-refractivity contribution in [3.05, 3.63) is 41.6 Å². The second-order valence-corrected chi connectivity index (χ2v) is 3.06. The van der Waals surface area contributed by atoms with Crippen molar-refractivity contribution in [2.45, 2.75) is 6.42 Å². The number of aryl methyl sites for hydroxylation is 1. The van der Waals surface area contributed by atoms with Crippen LogP contribution in [0, 0.1) is 0 Å². The first-order valence-corrected chi connectivity index (χ1v) is 4.30. The van der Waals surface area contributed by atoms with Gasteiger partial charge in [-0.2, -0.15) is 5.10 Å². The summed E-state index contributed by atoms with van der Waals surface area (Å²) in [5.41, 5.74) is 1.41. The third-order valence-corrected chi connectivity index (χ3v) is 2.02. The van der Waals surface area contributed by atoms with Crippen LogP contribution in [0.1, 0.15) is 21.9 Å². The summed E-state index contributed by atoms with van der Waals surface area (Å²) >= 11 is 0. The maximum absolute atomic E-state index is 10.6. The molecule has 0 N–H and O–H groups in total. The maximum Gasteiger partial charge on any atom is 0.168 e. The number of aromatic nitrogens is 2. The molecule has 2 aromatic heterocycles. The monoisotopic (exact) mass is 190 g/mol. The fourth-order valence-corrected chi connectivity index (χ4v) is 1.33. The lowest BCUT2D eigenvalue weighted by molar-refractivity contribution is 0.111. The largest absolute Gasteiger partial charge is 0.469 e. The third kappa shape index (κ3) is 1.59. The van der Waals surface area contributed by atoms with Crippen LogP contribution in [0.5, 0.6) is 0 Å². The molecule has 0 bridgehead atoms. The minimum atomic E-state index is 0.576. The summed E-state index contributed by atoms with van der Waals surface area (Å²) in [7, 11) is 1.75. The molecule has 0 amide bonds. The molecule has 0 unspecified atom stereocenters. The molecule has 0 atom stereocenters. The van der Waals surface area contributed by atoms with E-state index in [1.807, 2.05) is 12.1 Å². The van der Waals surface area contributed by atoms with Crippen LogP contribution in [0.4, 0.5) is 0 Å². The molecule has 0 aromatic carbocycles. The molecule has 72 valence electrons. The Bertz CT molecular complexity index is 429. The smallest absolute Gasteiger partial charge is 0.168 e. The van der Waals surface area contributed by atoms with Gasteiger partial charge in [0.05, 0.1) is 12.0 Å². The van der Waals surface area contributed by atoms with Crippen LogP contribution < -0.4 is 0 Å². The van der Waals surface area contributed by atoms with Crippen LogP contribution in [0.3, 0.4) is 0 Å². The third-order valence-electron chi connectivity index (χ3n) is 2.02. The highest BCUT2D eigenvalue weighted by Gasteiger charge is 2.05. The quantitative estimate of drug-likeness (QED) is 0.687. The SMILES string of the molecule is Cn1nc(Cc2ccco2)cc1C=O. The average Bonchev–Trinajstić information content (AvgIpc) is 2.76. The first-order chi connectivity index (χ1) is 6.79. The van der Waals surface area contributed by atoms with Crippen LogP contribution >= 0.6 is 0 Å². The molecule has 0 aliphatic rings. The van der Waals surface area contributed by atoms with E-state index in [-0.39, 0.29) is 0 Å². The Morgan fingerprint density at radius 3 is 3.07 bits per heavy atom. The van der Waals surface area contributed by atoms with E-state index < -0.39 is 0 Å². The van der Waals surface area contributed by atoms with Crippen LogP contribution in [0.2, 0.25) is 0 Å². The first-order valence-electron chi connectivity index (χ1n) is 4.30. The summed E-state index contributed by atoms with van der Waals surface area (Å²) in [6, 6.07) is 5.48. The number of rotatable bonds is 3. The Morgan fingerprint density at radius 1 is 1.64 bits per heavy atom. The highest BCUT2D eigenvalue weighted by molar-refractivity contribution is 5.72. The second-order valence-electron chi connectivity index (χ2n) is 3.06. The molecular weight excluding hydrogens is 180 g/mol. The van der Waals surface area contributed by atoms with Crippen molar-refractivity contribution in [1.29, 1.82) is 0 Å². The Hall–Kier alpha value is -1.84. The molecule has 14 heavy (non-hydrogen) atoms. The van der Waals surface area contributed by atoms with Gasteiger partial charge >= 0.3 is 0 Å². The number of aldehydes is 1. The number of carbonyl (C=O) groups excluding carboxylic acids is 1. The molecule has 0 fully saturated rings. The molecule has 0 spiro atoms. The fourth-order valence-electron chi connectivity index (χ4n) is 1.33. The standard InChI is InChI=1S/C10H10N2O2/c1-12-9(7-13)5-8(11-12)6-10-3-2-4-14-10/h2-5,7H,6H2,1H3. The topological polar surface area (TPSA) is 48.0 Å². The van der Waals surface area contributed by atoms with Gasteiger partial charge in [0.2, 0.25) is 0 Å². The Labute approximate surface area is 81.1 Å². The van der Waals surface area contributed by atoms with Gasteiger partial charge in [0.15, 0.2) is 6.29 Å². The summed E-state index contributed by atoms with van der Waals surface area (Å²) in [4.78, 5) is 10.6. The molecule has 2 rings (SSSR count). The number of carbonyl (C=O) groups is 1. The number of hydrogen-bond donors (Lipinski definition) is 0. The summed E-state index contributed by atoms with van der Waals surface area (Å²) in [5, 5.41) is 4.18. The molecule has 4 nitrogen and oxygen atoms in total. The van der Waals surface area contributed by atoms with Gasteiger partial charge in [0, 0.05) is 13.5 Å². The van der Waals surface area contributed by atoms with Gasteiger partial charge in [-0.1, -0.05) is 0 Å². The lowest BCUT2D eigenvalue weighted by atomic mass is 10.2. The van der Waals surface area contributed by atoms with Gasteiger partial charge in [0.1, 0.15) is 11.5 Å². The zero-order valence-corrected chi connectivity index (χ0v) is 7.80. The molecule has 0 saturated heterocycles. The Morgan fingerprint density at radius 2 is 2.50 bits per heavy atom. The zero-order chi connectivity index (χ0) is 9.97. The van der Waals surface area contributed by atoms with Gasteiger partial charge in [-0.3, -0.25) is 9.48 Å². The Balaban J connectivity index is 2.21. The van der Waals surface area contributed by atoms with E-state index in [4.69, 9.17) is 4.42 Å². The van der Waals surface area contributed by atoms with Gasteiger partial charge < -0.3 is 4.42 Å². The molecule has 2 heterocycles. The molecule has 0 aliphatic heterocycles. The van der Waals surface area contributed by atoms with Crippen LogP contribution in [0.15, 0.2) is 28.9 Å². The lowest BCUT2D eigenvalue weighted by Gasteiger charge is -1.90. The zero-order valence-electron chi connectivity index (χ0n) is 7.80. The van der Waals surface area contributed by atoms with E-state index in [2.05, 4.69) is 5.10 Å². The Kier molecular flexibility index (Phi) is 2.18. The molecule has 4 heteroatoms. The first kappa shape index (κ1) is 8.74. The van der Waals surface area contributed by atoms with Crippen molar-refractivity contribution in [3.8, 4) is 0 Å². The molecule has 0 aliphatic carbocycles. The predicted molar refractivity (Wildman–Crippen MR) is 50.1 cm³/mol. The van der Waals surface area contributed by atoms with E-state index >= 15 is 0 Å². The van der Waals surface area contributed by atoms with E-state index in [0.717, 1.165) is 17.7 Å². The minimum absolute atomic E-state index is 0.576. The van der Waals surface area contributed by atoms with Crippen molar-refractivity contribution in [2.75, 3.05) is 0 Å². The van der Waals surface area contributed by atoms with Crippen LogP contribution in [-0.4, -0.2) is 16.1 Å². The van der Waals surface area contributed by atoms with E-state index in [1.165, 1.54) is 0 Å². The number of hydrogen-bond acceptors (Lipinski definition) is 3. The van der Waals surface area contributed by atoms with Gasteiger partial charge in [-0.05, 0) is 18.2 Å². The van der Waals surface area contributed by atoms with Crippen LogP contribution in [0.25, 0.3) is 0 Å². The summed E-state index contributed by atoms with van der Waals surface area (Å²) < 4.78 is 6.74. The van der Waals surface area contributed by atoms with Gasteiger partial charge in [-0.25, -0.2) is 0 Å². The molecule has 2 aromatic rings. The van der Waals surface area contributed by atoms with Gasteiger partial charge in [0.25, 0.3) is 0 Å². The van der Waals surface area contributed by atoms with E-state index in [9.17, 15) is 4.79 Å². The highest BCUT2D eigenvalue weighted by Crippen LogP contribution is 2.09.